The fourth-order valence-electron chi connectivity index (χ4n) is 20.5. The average molecular weight is 2080 g/mol. The Morgan fingerprint density at radius 2 is 0.587 bits per heavy atom. The van der Waals surface area contributed by atoms with Gasteiger partial charge in [0.15, 0.2) is 0 Å². The zero-order chi connectivity index (χ0) is 109. The van der Waals surface area contributed by atoms with Gasteiger partial charge in [0.05, 0.1) is 48.6 Å². The molecule has 0 bridgehead atoms. The second kappa shape index (κ2) is 69.5. The number of carbonyl (C=O) groups is 16. The number of rotatable bonds is 17. The van der Waals surface area contributed by atoms with Crippen molar-refractivity contribution in [3.05, 3.63) is 156 Å². The van der Waals surface area contributed by atoms with Crippen molar-refractivity contribution in [3.63, 3.8) is 0 Å². The molecule has 6 heterocycles. The van der Waals surface area contributed by atoms with Crippen molar-refractivity contribution in [2.45, 2.75) is 475 Å². The highest BCUT2D eigenvalue weighted by molar-refractivity contribution is 5.96. The summed E-state index contributed by atoms with van der Waals surface area (Å²) in [6, 6.07) is 36.5. The summed E-state index contributed by atoms with van der Waals surface area (Å²) < 4.78 is 21.9. The number of ketones is 4. The topological polar surface area (TPSA) is 405 Å². The molecule has 7 aliphatic rings. The van der Waals surface area contributed by atoms with Crippen LogP contribution in [0.4, 0.5) is 0 Å². The highest BCUT2D eigenvalue weighted by Crippen LogP contribution is 2.38. The number of hydrogen-bond acceptors (Lipinski definition) is 20. The van der Waals surface area contributed by atoms with Gasteiger partial charge in [0.25, 0.3) is 0 Å². The van der Waals surface area contributed by atoms with Gasteiger partial charge in [-0.25, -0.2) is 19.2 Å². The molecule has 6 amide bonds. The minimum atomic E-state index is -1.14. The van der Waals surface area contributed by atoms with E-state index in [9.17, 15) is 81.8 Å². The monoisotopic (exact) mass is 2080 g/mol. The van der Waals surface area contributed by atoms with Crippen LogP contribution in [0.15, 0.2) is 133 Å². The second-order valence-electron chi connectivity index (χ2n) is 45.1. The van der Waals surface area contributed by atoms with E-state index < -0.39 is 131 Å². The van der Waals surface area contributed by atoms with Crippen LogP contribution in [-0.4, -0.2) is 168 Å². The predicted molar refractivity (Wildman–Crippen MR) is 580 cm³/mol. The maximum Gasteiger partial charge on any atom is 0.329 e. The first kappa shape index (κ1) is 126. The SMILES string of the molecule is CC(C)(C)OC(=O)[C@@H]1CCCCC/C=C\CCCC(=O)C[C@@H](CC(=O)OCc2ccccc2)C(=O)N1.CC(C)(C)OC(=O)[C@@H]1CCCCCCCCCCC(=O)C[C@@H](CC(=O)N2CCC[C@@H]2c2ccccc2)C(=O)N1.CC(C)(C)OC(=O)[C@@H]1CCCCCCCCCCC(=O)C[C@@H](CC(=O)O)C(=O)N1.O=C1CCCCCCCCCC[C@@H](C(=O)O)NC(=O)[C@H](CC(=O)N2CCC[C@@H]2c2ccccc2)C1.c1ccc(C2CCCC2)cc1. The van der Waals surface area contributed by atoms with Gasteiger partial charge < -0.3 is 60.2 Å². The summed E-state index contributed by atoms with van der Waals surface area (Å²) in [6.07, 6.45) is 44.6. The molecule has 28 heteroatoms. The number of benzene rings is 4. The van der Waals surface area contributed by atoms with Gasteiger partial charge in [-0.1, -0.05) is 294 Å². The number of hydrogen-bond donors (Lipinski definition) is 6. The van der Waals surface area contributed by atoms with E-state index in [-0.39, 0.29) is 98.6 Å². The molecule has 5 saturated heterocycles. The van der Waals surface area contributed by atoms with Crippen molar-refractivity contribution in [1.82, 2.24) is 31.1 Å². The van der Waals surface area contributed by atoms with Gasteiger partial charge in [-0.3, -0.25) is 57.5 Å². The normalized spacial score (nSPS) is 23.6. The summed E-state index contributed by atoms with van der Waals surface area (Å²) in [7, 11) is 0. The van der Waals surface area contributed by atoms with Crippen molar-refractivity contribution >= 4 is 94.4 Å². The molecule has 1 saturated carbocycles. The number of carboxylic acid groups (broad SMARTS) is 2. The van der Waals surface area contributed by atoms with E-state index in [1.807, 2.05) is 122 Å². The number of likely N-dealkylation sites (tertiary alicyclic amines) is 2. The van der Waals surface area contributed by atoms with E-state index in [4.69, 9.17) is 24.1 Å². The largest absolute Gasteiger partial charge is 0.481 e. The highest BCUT2D eigenvalue weighted by atomic mass is 16.6. The molecule has 11 rings (SSSR count). The lowest BCUT2D eigenvalue weighted by Gasteiger charge is -2.28. The Labute approximate surface area is 893 Å². The number of carbonyl (C=O) groups excluding carboxylic acids is 14. The van der Waals surface area contributed by atoms with E-state index >= 15 is 0 Å². The van der Waals surface area contributed by atoms with Gasteiger partial charge in [-0.15, -0.1) is 0 Å². The van der Waals surface area contributed by atoms with Gasteiger partial charge >= 0.3 is 35.8 Å². The number of amides is 6. The molecule has 0 aromatic heterocycles. The number of esters is 4. The van der Waals surface area contributed by atoms with Crippen molar-refractivity contribution in [2.75, 3.05) is 13.1 Å². The summed E-state index contributed by atoms with van der Waals surface area (Å²) in [5.74, 6) is -9.36. The van der Waals surface area contributed by atoms with Gasteiger partial charge in [-0.05, 0) is 200 Å². The van der Waals surface area contributed by atoms with Crippen LogP contribution in [0.2, 0.25) is 0 Å². The third-order valence-electron chi connectivity index (χ3n) is 28.5. The number of ether oxygens (including phenoxy) is 4. The Morgan fingerprint density at radius 1 is 0.307 bits per heavy atom. The minimum absolute atomic E-state index is 0.00453. The molecule has 10 atom stereocenters. The van der Waals surface area contributed by atoms with Crippen LogP contribution in [0.3, 0.4) is 0 Å². The maximum atomic E-state index is 13.6. The van der Waals surface area contributed by atoms with E-state index in [2.05, 4.69) is 63.8 Å². The van der Waals surface area contributed by atoms with E-state index in [0.717, 1.165) is 234 Å². The van der Waals surface area contributed by atoms with Gasteiger partial charge in [0.1, 0.15) is 70.7 Å². The lowest BCUT2D eigenvalue weighted by molar-refractivity contribution is -0.160. The van der Waals surface area contributed by atoms with Crippen molar-refractivity contribution < 1.29 is 106 Å². The molecule has 0 spiro atoms. The lowest BCUT2D eigenvalue weighted by Crippen LogP contribution is -2.47. The van der Waals surface area contributed by atoms with Crippen LogP contribution in [0.5, 0.6) is 0 Å². The van der Waals surface area contributed by atoms with E-state index in [1.54, 1.807) is 47.1 Å². The first-order chi connectivity index (χ1) is 71.8. The Hall–Kier alpha value is -11.1. The van der Waals surface area contributed by atoms with Crippen LogP contribution in [-0.2, 0) is 102 Å². The Morgan fingerprint density at radius 3 is 0.927 bits per heavy atom. The van der Waals surface area contributed by atoms with Crippen LogP contribution >= 0.6 is 0 Å². The number of Topliss-reactive ketones (excluding diaryl/α,β-unsaturated/α-hetero) is 4. The van der Waals surface area contributed by atoms with Crippen LogP contribution < -0.4 is 21.3 Å². The second-order valence-corrected chi connectivity index (χ2v) is 45.1. The molecule has 28 nitrogen and oxygen atoms in total. The Bertz CT molecular complexity index is 4810. The third-order valence-corrected chi connectivity index (χ3v) is 28.5. The number of nitrogens with zero attached hydrogens (tertiary/aromatic N) is 2. The van der Waals surface area contributed by atoms with Crippen molar-refractivity contribution in [2.24, 2.45) is 23.7 Å². The lowest BCUT2D eigenvalue weighted by atomic mass is 9.93. The molecule has 0 radical (unpaired) electrons. The zero-order valence-corrected chi connectivity index (χ0v) is 91.8. The summed E-state index contributed by atoms with van der Waals surface area (Å²) in [5.41, 5.74) is 2.48. The summed E-state index contributed by atoms with van der Waals surface area (Å²) in [5, 5.41) is 29.8. The van der Waals surface area contributed by atoms with Crippen molar-refractivity contribution in [1.29, 1.82) is 0 Å². The van der Waals surface area contributed by atoms with E-state index in [1.165, 1.54) is 25.7 Å². The molecule has 830 valence electrons. The smallest absolute Gasteiger partial charge is 0.329 e. The molecule has 0 unspecified atom stereocenters. The van der Waals surface area contributed by atoms with Crippen molar-refractivity contribution in [3.8, 4) is 0 Å². The first-order valence-corrected chi connectivity index (χ1v) is 56.8. The van der Waals surface area contributed by atoms with Crippen LogP contribution in [0, 0.1) is 23.7 Å². The number of carboxylic acids is 2. The number of nitrogens with one attached hydrogen (secondary N) is 4. The molecule has 150 heavy (non-hydrogen) atoms. The molecule has 6 fully saturated rings. The molecule has 6 aliphatic heterocycles. The molecular weight excluding hydrogens is 1900 g/mol. The fourth-order valence-corrected chi connectivity index (χ4v) is 20.5. The quantitative estimate of drug-likeness (QED) is 0.0325. The summed E-state index contributed by atoms with van der Waals surface area (Å²) in [6.45, 7) is 17.4. The fraction of sp³-hybridized carbons (Fsp3) is 0.656. The zero-order valence-electron chi connectivity index (χ0n) is 91.8. The van der Waals surface area contributed by atoms with Gasteiger partial charge in [-0.2, -0.15) is 0 Å². The first-order valence-electron chi connectivity index (χ1n) is 56.8. The minimum Gasteiger partial charge on any atom is -0.481 e. The Kier molecular flexibility index (Phi) is 58.3. The average Bonchev–Trinajstić information content (AvgIpc) is 1.72. The Balaban J connectivity index is 0.000000262. The molecule has 6 N–H and O–H groups in total. The van der Waals surface area contributed by atoms with Gasteiger partial charge in [0, 0.05) is 77.3 Å². The molecule has 4 aromatic carbocycles. The van der Waals surface area contributed by atoms with Crippen LogP contribution in [0.25, 0.3) is 0 Å². The summed E-state index contributed by atoms with van der Waals surface area (Å²) >= 11 is 0. The predicted octanol–water partition coefficient (Wildman–Crippen LogP) is 23.2. The molecular formula is C122H180N6O22. The van der Waals surface area contributed by atoms with Gasteiger partial charge in [0.2, 0.25) is 35.4 Å². The maximum absolute atomic E-state index is 13.6. The number of aliphatic carboxylic acids is 2. The summed E-state index contributed by atoms with van der Waals surface area (Å²) in [4.78, 5) is 208. The molecule has 4 aromatic rings. The molecule has 1 aliphatic carbocycles. The third kappa shape index (κ3) is 52.3. The number of allylic oxidation sites excluding steroid dienone is 2. The van der Waals surface area contributed by atoms with E-state index in [0.29, 0.717) is 70.9 Å². The highest BCUT2D eigenvalue weighted by Gasteiger charge is 2.40. The standard InChI is InChI=1S/C32H48N2O5.C29H41NO6.C28H40N2O5.C22H37NO6.C11H14/c1-32(2,3)39-31(38)27-19-14-9-7-5-4-6-8-13-18-26(35)22-25(30(37)33-27)23-29(36)34-21-15-20-28(34)24-16-11-10-12-17-24;1-29(2,3)36-28(34)25-18-14-9-7-5-4-6-8-13-17-24(31)19-23(27(33)30-25)20-26(32)35-21-22-15-11-10-12-16-22;31-23-15-10-5-3-1-2-4-6-11-16-24(28(34)35)29-27(33)22(19-23)20-26(32)30-18-12-17-25(30)21-13-8-7-9-14-21;1-22(2,3)29-21(28)18-13-11-9-7-5-4-6-8-10-12-17(24)14-16(15-19(25)26)20(27)23-18;1-2-6-10(7-3-1)11-8-4-5-9-11/h10-12,16-17,25,27-28H,4-9,13-15,18-23H2,1-3H3,(H,33,37);4,6,10-12,15-16,23,25H,5,7-9,13-14,17-21H2,1-3H3,(H,30,33);7-9,13-14,22,24-25H,1-6,10-12,15-20H2,(H,29,33)(H,34,35);16,18H,4-15H2,1-3H3,(H,23,27)(H,25,26);1-3,6-7,11H,4-5,8-9H2/b;6-4-;;;/t25-,27-,28+;23-,25-;22-,24-,25+;16-,18-;/m0000./s1. The van der Waals surface area contributed by atoms with Crippen LogP contribution in [0.1, 0.15) is 449 Å².